The van der Waals surface area contributed by atoms with Gasteiger partial charge in [-0.3, -0.25) is 0 Å². The van der Waals surface area contributed by atoms with Gasteiger partial charge in [0.25, 0.3) is 0 Å². The van der Waals surface area contributed by atoms with Crippen molar-refractivity contribution in [2.75, 3.05) is 0 Å². The summed E-state index contributed by atoms with van der Waals surface area (Å²) in [5.74, 6) is 0. The fourth-order valence-electron chi connectivity index (χ4n) is 3.12. The van der Waals surface area contributed by atoms with Crippen molar-refractivity contribution < 1.29 is 0 Å². The molecule has 0 spiro atoms. The first kappa shape index (κ1) is 10.9. The van der Waals surface area contributed by atoms with Crippen LogP contribution in [0.15, 0.2) is 18.2 Å². The van der Waals surface area contributed by atoms with E-state index in [4.69, 9.17) is 11.6 Å². The predicted molar refractivity (Wildman–Crippen MR) is 75.3 cm³/mol. The van der Waals surface area contributed by atoms with Crippen molar-refractivity contribution in [3.8, 4) is 0 Å². The van der Waals surface area contributed by atoms with E-state index in [1.165, 1.54) is 41.4 Å². The van der Waals surface area contributed by atoms with Gasteiger partial charge in [-0.1, -0.05) is 17.7 Å². The van der Waals surface area contributed by atoms with Crippen LogP contribution in [0.25, 0.3) is 10.9 Å². The van der Waals surface area contributed by atoms with Gasteiger partial charge in [-0.15, -0.1) is 0 Å². The average Bonchev–Trinajstić information content (AvgIpc) is 3.09. The highest BCUT2D eigenvalue weighted by Gasteiger charge is 2.28. The molecule has 2 N–H and O–H groups in total. The molecule has 1 saturated carbocycles. The van der Waals surface area contributed by atoms with E-state index in [-0.39, 0.29) is 0 Å². The van der Waals surface area contributed by atoms with Crippen molar-refractivity contribution in [2.45, 2.75) is 44.2 Å². The number of hydrogen-bond donors (Lipinski definition) is 2. The minimum absolute atomic E-state index is 0.666. The quantitative estimate of drug-likeness (QED) is 0.851. The van der Waals surface area contributed by atoms with E-state index in [0.29, 0.717) is 6.04 Å². The van der Waals surface area contributed by atoms with Gasteiger partial charge in [0.2, 0.25) is 0 Å². The van der Waals surface area contributed by atoms with Crippen molar-refractivity contribution in [3.63, 3.8) is 0 Å². The van der Waals surface area contributed by atoms with Gasteiger partial charge in [-0.25, -0.2) is 0 Å². The molecule has 0 amide bonds. The van der Waals surface area contributed by atoms with Gasteiger partial charge in [-0.2, -0.15) is 0 Å². The maximum absolute atomic E-state index is 6.06. The molecule has 0 bridgehead atoms. The Morgan fingerprint density at radius 1 is 1.17 bits per heavy atom. The van der Waals surface area contributed by atoms with Crippen LogP contribution in [0, 0.1) is 0 Å². The molecular weight excluding hydrogens is 244 g/mol. The number of aromatic nitrogens is 1. The lowest BCUT2D eigenvalue weighted by atomic mass is 9.91. The highest BCUT2D eigenvalue weighted by molar-refractivity contribution is 6.31. The lowest BCUT2D eigenvalue weighted by molar-refractivity contribution is 0.455. The van der Waals surface area contributed by atoms with Crippen LogP contribution < -0.4 is 5.32 Å². The van der Waals surface area contributed by atoms with E-state index in [1.807, 2.05) is 12.1 Å². The van der Waals surface area contributed by atoms with Gasteiger partial charge in [0.15, 0.2) is 0 Å². The number of fused-ring (bicyclic) bond motifs is 3. The van der Waals surface area contributed by atoms with E-state index in [2.05, 4.69) is 16.4 Å². The third-order valence-corrected chi connectivity index (χ3v) is 4.43. The van der Waals surface area contributed by atoms with Crippen molar-refractivity contribution in [1.82, 2.24) is 10.3 Å². The summed E-state index contributed by atoms with van der Waals surface area (Å²) in [5.41, 5.74) is 4.12. The fraction of sp³-hybridized carbons (Fsp3) is 0.467. The van der Waals surface area contributed by atoms with Crippen molar-refractivity contribution in [2.24, 2.45) is 0 Å². The number of nitrogens with one attached hydrogen (secondary N) is 2. The zero-order valence-corrected chi connectivity index (χ0v) is 11.1. The third kappa shape index (κ3) is 1.84. The molecule has 1 atom stereocenters. The lowest BCUT2D eigenvalue weighted by Gasteiger charge is -2.23. The van der Waals surface area contributed by atoms with Crippen LogP contribution >= 0.6 is 11.6 Å². The maximum atomic E-state index is 6.06. The number of rotatable bonds is 2. The molecule has 18 heavy (non-hydrogen) atoms. The Kier molecular flexibility index (Phi) is 2.42. The molecule has 2 aliphatic rings. The molecule has 3 heteroatoms. The molecule has 1 fully saturated rings. The van der Waals surface area contributed by atoms with Crippen LogP contribution in [0.4, 0.5) is 0 Å². The predicted octanol–water partition coefficient (Wildman–Crippen LogP) is 3.43. The smallest absolute Gasteiger partial charge is 0.0473 e. The topological polar surface area (TPSA) is 27.8 Å². The minimum Gasteiger partial charge on any atom is -0.358 e. The van der Waals surface area contributed by atoms with Gasteiger partial charge in [0.1, 0.15) is 0 Å². The number of hydrogen-bond acceptors (Lipinski definition) is 1. The monoisotopic (exact) mass is 260 g/mol. The summed E-state index contributed by atoms with van der Waals surface area (Å²) in [5, 5.41) is 5.93. The Hall–Kier alpha value is -0.990. The lowest BCUT2D eigenvalue weighted by Crippen LogP contribution is -2.35. The zero-order chi connectivity index (χ0) is 12.1. The zero-order valence-electron chi connectivity index (χ0n) is 10.3. The number of benzene rings is 1. The summed E-state index contributed by atoms with van der Waals surface area (Å²) < 4.78 is 0. The van der Waals surface area contributed by atoms with Crippen molar-refractivity contribution in [1.29, 1.82) is 0 Å². The number of aromatic amines is 1. The van der Waals surface area contributed by atoms with Crippen LogP contribution in [0.1, 0.15) is 30.5 Å². The van der Waals surface area contributed by atoms with E-state index in [1.54, 1.807) is 0 Å². The van der Waals surface area contributed by atoms with E-state index in [9.17, 15) is 0 Å². The number of H-pyrrole nitrogens is 1. The largest absolute Gasteiger partial charge is 0.358 e. The molecule has 2 nitrogen and oxygen atoms in total. The second-order valence-electron chi connectivity index (χ2n) is 5.65. The normalized spacial score (nSPS) is 23.3. The summed E-state index contributed by atoms with van der Waals surface area (Å²) in [6.45, 7) is 0. The molecule has 1 aromatic heterocycles. The summed E-state index contributed by atoms with van der Waals surface area (Å²) in [7, 11) is 0. The first-order valence-electron chi connectivity index (χ1n) is 6.84. The van der Waals surface area contributed by atoms with Crippen LogP contribution in [0.2, 0.25) is 5.02 Å². The Morgan fingerprint density at radius 2 is 2.06 bits per heavy atom. The van der Waals surface area contributed by atoms with Gasteiger partial charge in [-0.05, 0) is 49.8 Å². The third-order valence-electron chi connectivity index (χ3n) is 4.20. The molecule has 0 aliphatic heterocycles. The molecule has 1 heterocycles. The van der Waals surface area contributed by atoms with E-state index in [0.717, 1.165) is 23.9 Å². The molecule has 1 unspecified atom stereocenters. The highest BCUT2D eigenvalue weighted by atomic mass is 35.5. The molecule has 2 aromatic rings. The van der Waals surface area contributed by atoms with Gasteiger partial charge < -0.3 is 10.3 Å². The summed E-state index contributed by atoms with van der Waals surface area (Å²) in [4.78, 5) is 3.53. The number of halogens is 1. The van der Waals surface area contributed by atoms with E-state index >= 15 is 0 Å². The Bertz CT molecular complexity index is 598. The summed E-state index contributed by atoms with van der Waals surface area (Å²) >= 11 is 6.06. The molecular formula is C15H17ClN2. The van der Waals surface area contributed by atoms with Gasteiger partial charge in [0.05, 0.1) is 0 Å². The molecule has 94 valence electrons. The fourth-order valence-corrected chi connectivity index (χ4v) is 3.29. The average molecular weight is 261 g/mol. The second-order valence-corrected chi connectivity index (χ2v) is 6.09. The Labute approximate surface area is 112 Å². The standard InChI is InChI=1S/C15H17ClN2/c16-9-1-5-12-13-8-11(17-10-2-3-10)4-6-14(13)18-15(12)7-9/h1,5,7,10-11,17-18H,2-4,6,8H2. The van der Waals surface area contributed by atoms with Gasteiger partial charge >= 0.3 is 0 Å². The van der Waals surface area contributed by atoms with Crippen LogP contribution in [-0.2, 0) is 12.8 Å². The minimum atomic E-state index is 0.666. The second kappa shape index (κ2) is 4.01. The van der Waals surface area contributed by atoms with Crippen molar-refractivity contribution in [3.05, 3.63) is 34.5 Å². The summed E-state index contributed by atoms with van der Waals surface area (Å²) in [6, 6.07) is 7.66. The molecule has 4 rings (SSSR count). The first-order valence-corrected chi connectivity index (χ1v) is 7.22. The summed E-state index contributed by atoms with van der Waals surface area (Å²) in [6.07, 6.45) is 6.31. The molecule has 0 radical (unpaired) electrons. The molecule has 1 aromatic carbocycles. The Balaban J connectivity index is 1.70. The highest BCUT2D eigenvalue weighted by Crippen LogP contribution is 2.32. The van der Waals surface area contributed by atoms with Gasteiger partial charge in [0, 0.05) is 33.7 Å². The van der Waals surface area contributed by atoms with E-state index < -0.39 is 0 Å². The first-order chi connectivity index (χ1) is 8.79. The van der Waals surface area contributed by atoms with Crippen LogP contribution in [0.3, 0.4) is 0 Å². The SMILES string of the molecule is Clc1ccc2c3c([nH]c2c1)CCC(NC1CC1)C3. The molecule has 2 aliphatic carbocycles. The molecule has 0 saturated heterocycles. The van der Waals surface area contributed by atoms with Crippen LogP contribution in [-0.4, -0.2) is 17.1 Å². The maximum Gasteiger partial charge on any atom is 0.0473 e. The number of aryl methyl sites for hydroxylation is 1. The Morgan fingerprint density at radius 3 is 2.89 bits per heavy atom. The van der Waals surface area contributed by atoms with Crippen LogP contribution in [0.5, 0.6) is 0 Å². The van der Waals surface area contributed by atoms with Crippen molar-refractivity contribution >= 4 is 22.5 Å².